The monoisotopic (exact) mass is 276 g/mol. The molecule has 0 aromatic carbocycles. The third-order valence-electron chi connectivity index (χ3n) is 2.48. The summed E-state index contributed by atoms with van der Waals surface area (Å²) in [6.07, 6.45) is 1.95. The van der Waals surface area contributed by atoms with Gasteiger partial charge < -0.3 is 10.4 Å². The van der Waals surface area contributed by atoms with Crippen molar-refractivity contribution < 1.29 is 14.7 Å². The Morgan fingerprint density at radius 3 is 2.74 bits per heavy atom. The van der Waals surface area contributed by atoms with Crippen LogP contribution in [0.3, 0.4) is 0 Å². The third-order valence-corrected chi connectivity index (χ3v) is 3.42. The first kappa shape index (κ1) is 13.2. The van der Waals surface area contributed by atoms with Gasteiger partial charge in [-0.1, -0.05) is 6.07 Å². The third kappa shape index (κ3) is 3.62. The molecule has 0 unspecified atom stereocenters. The van der Waals surface area contributed by atoms with Crippen molar-refractivity contribution in [2.45, 2.75) is 6.42 Å². The van der Waals surface area contributed by atoms with Gasteiger partial charge in [0.1, 0.15) is 5.69 Å². The number of rotatable bonds is 5. The average Bonchev–Trinajstić information content (AvgIpc) is 2.92. The van der Waals surface area contributed by atoms with Crippen molar-refractivity contribution in [3.05, 3.63) is 52.0 Å². The molecule has 1 amide bonds. The van der Waals surface area contributed by atoms with E-state index in [4.69, 9.17) is 5.11 Å². The number of amides is 1. The molecule has 6 heteroatoms. The maximum absolute atomic E-state index is 11.7. The highest BCUT2D eigenvalue weighted by molar-refractivity contribution is 7.09. The second kappa shape index (κ2) is 6.10. The first-order valence-corrected chi connectivity index (χ1v) is 6.54. The van der Waals surface area contributed by atoms with Gasteiger partial charge in [0.15, 0.2) is 0 Å². The van der Waals surface area contributed by atoms with Crippen molar-refractivity contribution in [2.75, 3.05) is 6.54 Å². The summed E-state index contributed by atoms with van der Waals surface area (Å²) in [6, 6.07) is 6.75. The quantitative estimate of drug-likeness (QED) is 0.873. The van der Waals surface area contributed by atoms with E-state index in [1.54, 1.807) is 11.3 Å². The zero-order chi connectivity index (χ0) is 13.7. The summed E-state index contributed by atoms with van der Waals surface area (Å²) in [5, 5.41) is 13.5. The van der Waals surface area contributed by atoms with E-state index < -0.39 is 5.97 Å². The van der Waals surface area contributed by atoms with Gasteiger partial charge in [0.2, 0.25) is 0 Å². The van der Waals surface area contributed by atoms with E-state index in [-0.39, 0.29) is 17.2 Å². The van der Waals surface area contributed by atoms with Crippen LogP contribution >= 0.6 is 11.3 Å². The molecule has 0 aliphatic carbocycles. The number of nitrogens with zero attached hydrogens (tertiary/aromatic N) is 1. The maximum Gasteiger partial charge on any atom is 0.337 e. The summed E-state index contributed by atoms with van der Waals surface area (Å²) in [4.78, 5) is 27.4. The summed E-state index contributed by atoms with van der Waals surface area (Å²) in [5.74, 6) is -1.36. The fourth-order valence-corrected chi connectivity index (χ4v) is 2.21. The van der Waals surface area contributed by atoms with E-state index >= 15 is 0 Å². The lowest BCUT2D eigenvalue weighted by Crippen LogP contribution is -2.26. The van der Waals surface area contributed by atoms with Crippen LogP contribution in [0.1, 0.15) is 25.7 Å². The summed E-state index contributed by atoms with van der Waals surface area (Å²) in [5.41, 5.74) is 0.284. The summed E-state index contributed by atoms with van der Waals surface area (Å²) < 4.78 is 0. The fourth-order valence-electron chi connectivity index (χ4n) is 1.50. The molecule has 0 bridgehead atoms. The van der Waals surface area contributed by atoms with Crippen molar-refractivity contribution in [1.29, 1.82) is 0 Å². The number of aromatic nitrogens is 1. The molecule has 0 atom stereocenters. The highest BCUT2D eigenvalue weighted by atomic mass is 32.1. The van der Waals surface area contributed by atoms with Crippen LogP contribution in [0.15, 0.2) is 35.8 Å². The number of hydrogen-bond donors (Lipinski definition) is 2. The summed E-state index contributed by atoms with van der Waals surface area (Å²) in [7, 11) is 0. The molecule has 0 fully saturated rings. The zero-order valence-electron chi connectivity index (χ0n) is 10.00. The first-order valence-electron chi connectivity index (χ1n) is 5.67. The number of thiophene rings is 1. The topological polar surface area (TPSA) is 79.3 Å². The van der Waals surface area contributed by atoms with E-state index in [1.807, 2.05) is 17.5 Å². The molecule has 2 heterocycles. The Balaban J connectivity index is 1.87. The van der Waals surface area contributed by atoms with Gasteiger partial charge in [-0.15, -0.1) is 11.3 Å². The fraction of sp³-hybridized carbons (Fsp3) is 0.154. The van der Waals surface area contributed by atoms with E-state index in [9.17, 15) is 9.59 Å². The number of hydrogen-bond acceptors (Lipinski definition) is 4. The maximum atomic E-state index is 11.7. The predicted octanol–water partition coefficient (Wildman–Crippen LogP) is 1.81. The number of pyridine rings is 1. The molecule has 5 nitrogen and oxygen atoms in total. The van der Waals surface area contributed by atoms with Crippen LogP contribution in [0.2, 0.25) is 0 Å². The molecule has 2 N–H and O–H groups in total. The molecular formula is C13H12N2O3S. The number of carboxylic acid groups (broad SMARTS) is 1. The minimum Gasteiger partial charge on any atom is -0.478 e. The van der Waals surface area contributed by atoms with Gasteiger partial charge in [0.05, 0.1) is 5.56 Å². The molecular weight excluding hydrogens is 264 g/mol. The van der Waals surface area contributed by atoms with Crippen molar-refractivity contribution in [3.63, 3.8) is 0 Å². The van der Waals surface area contributed by atoms with Gasteiger partial charge in [-0.05, 0) is 30.0 Å². The number of carbonyl (C=O) groups excluding carboxylic acids is 1. The lowest BCUT2D eigenvalue weighted by atomic mass is 10.2. The van der Waals surface area contributed by atoms with Gasteiger partial charge in [0.25, 0.3) is 5.91 Å². The normalized spacial score (nSPS) is 10.1. The molecule has 98 valence electrons. The zero-order valence-corrected chi connectivity index (χ0v) is 10.8. The number of aromatic carboxylic acids is 1. The van der Waals surface area contributed by atoms with Gasteiger partial charge >= 0.3 is 5.97 Å². The van der Waals surface area contributed by atoms with E-state index in [0.29, 0.717) is 6.54 Å². The molecule has 0 aliphatic heterocycles. The largest absolute Gasteiger partial charge is 0.478 e. The molecule has 2 aromatic rings. The first-order chi connectivity index (χ1) is 9.16. The number of nitrogens with one attached hydrogen (secondary N) is 1. The molecule has 0 spiro atoms. The number of carbonyl (C=O) groups is 2. The van der Waals surface area contributed by atoms with Gasteiger partial charge in [-0.25, -0.2) is 4.79 Å². The van der Waals surface area contributed by atoms with Crippen LogP contribution in [0.25, 0.3) is 0 Å². The Bertz CT molecular complexity index is 564. The summed E-state index contributed by atoms with van der Waals surface area (Å²) >= 11 is 1.64. The van der Waals surface area contributed by atoms with Gasteiger partial charge in [0, 0.05) is 17.6 Å². The van der Waals surface area contributed by atoms with Crippen molar-refractivity contribution >= 4 is 23.2 Å². The van der Waals surface area contributed by atoms with Crippen LogP contribution in [0.5, 0.6) is 0 Å². The van der Waals surface area contributed by atoms with E-state index in [2.05, 4.69) is 10.3 Å². The van der Waals surface area contributed by atoms with Crippen LogP contribution in [0.4, 0.5) is 0 Å². The molecule has 2 rings (SSSR count). The Hall–Kier alpha value is -2.21. The highest BCUT2D eigenvalue weighted by Crippen LogP contribution is 2.08. The lowest BCUT2D eigenvalue weighted by molar-refractivity contribution is 0.0695. The number of carboxylic acids is 1. The second-order valence-corrected chi connectivity index (χ2v) is 4.85. The molecule has 2 aromatic heterocycles. The lowest BCUT2D eigenvalue weighted by Gasteiger charge is -2.03. The minimum atomic E-state index is -1.06. The Morgan fingerprint density at radius 1 is 1.32 bits per heavy atom. The molecule has 0 saturated heterocycles. The van der Waals surface area contributed by atoms with Crippen molar-refractivity contribution in [2.24, 2.45) is 0 Å². The highest BCUT2D eigenvalue weighted by Gasteiger charge is 2.08. The van der Waals surface area contributed by atoms with Gasteiger partial charge in [-0.3, -0.25) is 9.78 Å². The molecule has 0 radical (unpaired) electrons. The van der Waals surface area contributed by atoms with Crippen molar-refractivity contribution in [3.8, 4) is 0 Å². The van der Waals surface area contributed by atoms with Crippen LogP contribution in [0, 0.1) is 0 Å². The van der Waals surface area contributed by atoms with Crippen LogP contribution < -0.4 is 5.32 Å². The van der Waals surface area contributed by atoms with Crippen molar-refractivity contribution in [1.82, 2.24) is 10.3 Å². The van der Waals surface area contributed by atoms with Crippen LogP contribution in [-0.2, 0) is 6.42 Å². The smallest absolute Gasteiger partial charge is 0.337 e. The van der Waals surface area contributed by atoms with E-state index in [0.717, 1.165) is 6.42 Å². The summed E-state index contributed by atoms with van der Waals surface area (Å²) in [6.45, 7) is 0.529. The minimum absolute atomic E-state index is 0.0649. The standard InChI is InChI=1S/C13H12N2O3S/c16-12(14-6-5-10-2-1-7-19-10)11-4-3-9(8-15-11)13(17)18/h1-4,7-8H,5-6H2,(H,14,16)(H,17,18). The molecule has 0 aliphatic rings. The molecule has 19 heavy (non-hydrogen) atoms. The Morgan fingerprint density at radius 2 is 2.16 bits per heavy atom. The average molecular weight is 276 g/mol. The molecule has 0 saturated carbocycles. The van der Waals surface area contributed by atoms with E-state index in [1.165, 1.54) is 23.2 Å². The second-order valence-electron chi connectivity index (χ2n) is 3.82. The Labute approximate surface area is 113 Å². The predicted molar refractivity (Wildman–Crippen MR) is 71.6 cm³/mol. The Kier molecular flexibility index (Phi) is 4.25. The van der Waals surface area contributed by atoms with Crippen LogP contribution in [-0.4, -0.2) is 28.5 Å². The van der Waals surface area contributed by atoms with Gasteiger partial charge in [-0.2, -0.15) is 0 Å². The SMILES string of the molecule is O=C(O)c1ccc(C(=O)NCCc2cccs2)nc1.